The van der Waals surface area contributed by atoms with Crippen molar-refractivity contribution in [2.75, 3.05) is 12.4 Å². The standard InChI is InChI=1S/C25H19ClN2O4/c1-31-25(30)22-4-2-3-5-23(22)28-24(29)19(15-27)14-17-8-12-21(13-9-17)32-16-18-6-10-20(26)11-7-18/h2-14H,16H2,1H3,(H,28,29). The van der Waals surface area contributed by atoms with E-state index in [-0.39, 0.29) is 16.8 Å². The number of methoxy groups -OCH3 is 1. The fraction of sp³-hybridized carbons (Fsp3) is 0.0800. The molecule has 0 saturated heterocycles. The normalized spacial score (nSPS) is 10.7. The molecule has 3 aromatic rings. The van der Waals surface area contributed by atoms with Gasteiger partial charge >= 0.3 is 5.97 Å². The van der Waals surface area contributed by atoms with Crippen LogP contribution in [0.25, 0.3) is 6.08 Å². The third kappa shape index (κ3) is 5.97. The van der Waals surface area contributed by atoms with E-state index < -0.39 is 11.9 Å². The molecule has 0 aromatic heterocycles. The molecule has 0 aliphatic heterocycles. The average Bonchev–Trinajstić information content (AvgIpc) is 2.82. The summed E-state index contributed by atoms with van der Waals surface area (Å²) in [6.45, 7) is 0.387. The molecule has 3 rings (SSSR count). The molecule has 1 amide bonds. The van der Waals surface area contributed by atoms with Crippen LogP contribution in [0.5, 0.6) is 5.75 Å². The maximum absolute atomic E-state index is 12.6. The van der Waals surface area contributed by atoms with Gasteiger partial charge < -0.3 is 14.8 Å². The minimum Gasteiger partial charge on any atom is -0.489 e. The van der Waals surface area contributed by atoms with Crippen LogP contribution in [0.4, 0.5) is 5.69 Å². The predicted octanol–water partition coefficient (Wildman–Crippen LogP) is 5.25. The fourth-order valence-electron chi connectivity index (χ4n) is 2.79. The summed E-state index contributed by atoms with van der Waals surface area (Å²) in [6, 6.07) is 22.6. The Morgan fingerprint density at radius 3 is 2.38 bits per heavy atom. The van der Waals surface area contributed by atoms with Gasteiger partial charge in [0, 0.05) is 5.02 Å². The topological polar surface area (TPSA) is 88.4 Å². The number of nitrogens with zero attached hydrogens (tertiary/aromatic N) is 1. The molecule has 0 heterocycles. The van der Waals surface area contributed by atoms with E-state index in [1.807, 2.05) is 18.2 Å². The highest BCUT2D eigenvalue weighted by Gasteiger charge is 2.15. The van der Waals surface area contributed by atoms with Gasteiger partial charge in [0.05, 0.1) is 18.4 Å². The number of halogens is 1. The van der Waals surface area contributed by atoms with Crippen LogP contribution in [-0.2, 0) is 16.1 Å². The van der Waals surface area contributed by atoms with Crippen molar-refractivity contribution in [2.24, 2.45) is 0 Å². The van der Waals surface area contributed by atoms with Gasteiger partial charge in [-0.05, 0) is 53.6 Å². The van der Waals surface area contributed by atoms with Crippen LogP contribution in [0, 0.1) is 11.3 Å². The van der Waals surface area contributed by atoms with E-state index in [4.69, 9.17) is 21.1 Å². The SMILES string of the molecule is COC(=O)c1ccccc1NC(=O)C(C#N)=Cc1ccc(OCc2ccc(Cl)cc2)cc1. The molecular formula is C25H19ClN2O4. The second-order valence-corrected chi connectivity index (χ2v) is 7.08. The van der Waals surface area contributed by atoms with Gasteiger partial charge in [-0.2, -0.15) is 5.26 Å². The Bertz CT molecular complexity index is 1180. The van der Waals surface area contributed by atoms with Crippen molar-refractivity contribution < 1.29 is 19.1 Å². The smallest absolute Gasteiger partial charge is 0.339 e. The van der Waals surface area contributed by atoms with Crippen molar-refractivity contribution in [1.82, 2.24) is 0 Å². The number of para-hydroxylation sites is 1. The first kappa shape index (κ1) is 22.6. The van der Waals surface area contributed by atoms with Crippen molar-refractivity contribution in [3.8, 4) is 11.8 Å². The van der Waals surface area contributed by atoms with E-state index in [2.05, 4.69) is 5.32 Å². The number of amides is 1. The first-order valence-corrected chi connectivity index (χ1v) is 9.95. The van der Waals surface area contributed by atoms with Crippen LogP contribution in [0.1, 0.15) is 21.5 Å². The second-order valence-electron chi connectivity index (χ2n) is 6.65. The first-order chi connectivity index (χ1) is 15.5. The monoisotopic (exact) mass is 446 g/mol. The molecule has 0 fully saturated rings. The second kappa shape index (κ2) is 10.8. The number of nitriles is 1. The summed E-state index contributed by atoms with van der Waals surface area (Å²) in [4.78, 5) is 24.4. The molecule has 0 spiro atoms. The summed E-state index contributed by atoms with van der Waals surface area (Å²) in [6.07, 6.45) is 1.46. The number of ether oxygens (including phenoxy) is 2. The van der Waals surface area contributed by atoms with Gasteiger partial charge in [0.1, 0.15) is 24.0 Å². The number of hydrogen-bond donors (Lipinski definition) is 1. The summed E-state index contributed by atoms with van der Waals surface area (Å²) in [7, 11) is 1.25. The predicted molar refractivity (Wildman–Crippen MR) is 122 cm³/mol. The van der Waals surface area contributed by atoms with Crippen LogP contribution in [0.15, 0.2) is 78.4 Å². The molecule has 32 heavy (non-hydrogen) atoms. The summed E-state index contributed by atoms with van der Waals surface area (Å²) >= 11 is 5.88. The molecule has 0 unspecified atom stereocenters. The minimum atomic E-state index is -0.632. The summed E-state index contributed by atoms with van der Waals surface area (Å²) < 4.78 is 10.5. The Labute approximate surface area is 190 Å². The van der Waals surface area contributed by atoms with E-state index in [1.165, 1.54) is 19.3 Å². The lowest BCUT2D eigenvalue weighted by Crippen LogP contribution is -2.16. The van der Waals surface area contributed by atoms with Gasteiger partial charge in [0.25, 0.3) is 5.91 Å². The summed E-state index contributed by atoms with van der Waals surface area (Å²) in [5.74, 6) is -0.573. The van der Waals surface area contributed by atoms with Crippen LogP contribution >= 0.6 is 11.6 Å². The number of carbonyl (C=O) groups is 2. The van der Waals surface area contributed by atoms with Crippen LogP contribution < -0.4 is 10.1 Å². The quantitative estimate of drug-likeness (QED) is 0.304. The van der Waals surface area contributed by atoms with E-state index >= 15 is 0 Å². The van der Waals surface area contributed by atoms with Gasteiger partial charge in [0.2, 0.25) is 0 Å². The first-order valence-electron chi connectivity index (χ1n) is 9.58. The number of rotatable bonds is 7. The average molecular weight is 447 g/mol. The molecular weight excluding hydrogens is 428 g/mol. The Hall–Kier alpha value is -4.08. The molecule has 0 radical (unpaired) electrons. The zero-order chi connectivity index (χ0) is 22.9. The highest BCUT2D eigenvalue weighted by atomic mass is 35.5. The molecule has 3 aromatic carbocycles. The lowest BCUT2D eigenvalue weighted by molar-refractivity contribution is -0.112. The van der Waals surface area contributed by atoms with Gasteiger partial charge in [-0.25, -0.2) is 4.79 Å². The van der Waals surface area contributed by atoms with Crippen molar-refractivity contribution in [1.29, 1.82) is 5.26 Å². The third-order valence-corrected chi connectivity index (χ3v) is 4.71. The molecule has 6 nitrogen and oxygen atoms in total. The van der Waals surface area contributed by atoms with Crippen LogP contribution in [-0.4, -0.2) is 19.0 Å². The highest BCUT2D eigenvalue weighted by molar-refractivity contribution is 6.30. The van der Waals surface area contributed by atoms with Gasteiger partial charge in [0.15, 0.2) is 0 Å². The maximum Gasteiger partial charge on any atom is 0.339 e. The van der Waals surface area contributed by atoms with Crippen LogP contribution in [0.2, 0.25) is 5.02 Å². The van der Waals surface area contributed by atoms with Gasteiger partial charge in [-0.3, -0.25) is 4.79 Å². The van der Waals surface area contributed by atoms with Crippen molar-refractivity contribution >= 4 is 35.2 Å². The molecule has 0 aliphatic rings. The number of hydrogen-bond acceptors (Lipinski definition) is 5. The van der Waals surface area contributed by atoms with Crippen molar-refractivity contribution in [2.45, 2.75) is 6.61 Å². The highest BCUT2D eigenvalue weighted by Crippen LogP contribution is 2.19. The van der Waals surface area contributed by atoms with E-state index in [0.717, 1.165) is 5.56 Å². The number of benzene rings is 3. The van der Waals surface area contributed by atoms with Gasteiger partial charge in [-0.15, -0.1) is 0 Å². The maximum atomic E-state index is 12.6. The minimum absolute atomic E-state index is 0.112. The summed E-state index contributed by atoms with van der Waals surface area (Å²) in [5, 5.41) is 12.7. The van der Waals surface area contributed by atoms with Crippen molar-refractivity contribution in [3.05, 3.63) is 100 Å². The number of carbonyl (C=O) groups excluding carboxylic acids is 2. The summed E-state index contributed by atoms with van der Waals surface area (Å²) in [5.41, 5.74) is 1.98. The van der Waals surface area contributed by atoms with E-state index in [1.54, 1.807) is 54.6 Å². The van der Waals surface area contributed by atoms with Crippen LogP contribution in [0.3, 0.4) is 0 Å². The lowest BCUT2D eigenvalue weighted by atomic mass is 10.1. The zero-order valence-electron chi connectivity index (χ0n) is 17.2. The molecule has 0 atom stereocenters. The lowest BCUT2D eigenvalue weighted by Gasteiger charge is -2.09. The molecule has 160 valence electrons. The molecule has 1 N–H and O–H groups in total. The Kier molecular flexibility index (Phi) is 7.63. The number of esters is 1. The molecule has 0 saturated carbocycles. The molecule has 7 heteroatoms. The van der Waals surface area contributed by atoms with Gasteiger partial charge in [-0.1, -0.05) is 48.0 Å². The number of nitrogens with one attached hydrogen (secondary N) is 1. The van der Waals surface area contributed by atoms with E-state index in [0.29, 0.717) is 22.9 Å². The van der Waals surface area contributed by atoms with E-state index in [9.17, 15) is 14.9 Å². The Balaban J connectivity index is 1.68. The molecule has 0 aliphatic carbocycles. The Morgan fingerprint density at radius 1 is 1.03 bits per heavy atom. The third-order valence-electron chi connectivity index (χ3n) is 4.46. The molecule has 0 bridgehead atoms. The number of anilines is 1. The van der Waals surface area contributed by atoms with Crippen molar-refractivity contribution in [3.63, 3.8) is 0 Å². The Morgan fingerprint density at radius 2 is 1.72 bits per heavy atom. The largest absolute Gasteiger partial charge is 0.489 e. The fourth-order valence-corrected chi connectivity index (χ4v) is 2.92. The zero-order valence-corrected chi connectivity index (χ0v) is 17.9.